The van der Waals surface area contributed by atoms with Gasteiger partial charge in [0.15, 0.2) is 11.5 Å². The lowest BCUT2D eigenvalue weighted by molar-refractivity contribution is -0.116. The number of nitrogens with one attached hydrogen (secondary N) is 1. The molecule has 0 bridgehead atoms. The van der Waals surface area contributed by atoms with Crippen molar-refractivity contribution in [2.24, 2.45) is 0 Å². The van der Waals surface area contributed by atoms with E-state index >= 15 is 0 Å². The molecule has 0 saturated heterocycles. The Balaban J connectivity index is 1.39. The van der Waals surface area contributed by atoms with Crippen molar-refractivity contribution in [2.45, 2.75) is 6.42 Å². The van der Waals surface area contributed by atoms with Gasteiger partial charge in [-0.25, -0.2) is 0 Å². The van der Waals surface area contributed by atoms with Gasteiger partial charge in [-0.1, -0.05) is 29.5 Å². The number of imide groups is 1. The number of hydrogen-bond acceptors (Lipinski definition) is 8. The predicted molar refractivity (Wildman–Crippen MR) is 113 cm³/mol. The number of amides is 3. The minimum atomic E-state index is -0.525. The Labute approximate surface area is 181 Å². The molecule has 3 aromatic rings. The Morgan fingerprint density at radius 1 is 1.00 bits per heavy atom. The fourth-order valence-electron chi connectivity index (χ4n) is 3.23. The zero-order valence-electron chi connectivity index (χ0n) is 16.7. The molecule has 9 nitrogen and oxygen atoms in total. The maximum absolute atomic E-state index is 12.4. The first-order valence-electron chi connectivity index (χ1n) is 9.28. The van der Waals surface area contributed by atoms with Gasteiger partial charge in [0, 0.05) is 6.42 Å². The van der Waals surface area contributed by atoms with Gasteiger partial charge in [0.2, 0.25) is 11.0 Å². The maximum atomic E-state index is 12.4. The molecule has 0 spiro atoms. The predicted octanol–water partition coefficient (Wildman–Crippen LogP) is 2.38. The van der Waals surface area contributed by atoms with Crippen LogP contribution >= 0.6 is 11.3 Å². The molecule has 158 valence electrons. The van der Waals surface area contributed by atoms with Crippen LogP contribution in [-0.2, 0) is 11.2 Å². The molecule has 4 rings (SSSR count). The number of nitrogens with zero attached hydrogens (tertiary/aromatic N) is 3. The second-order valence-electron chi connectivity index (χ2n) is 6.66. The van der Waals surface area contributed by atoms with Crippen molar-refractivity contribution in [1.29, 1.82) is 0 Å². The van der Waals surface area contributed by atoms with Gasteiger partial charge in [-0.3, -0.25) is 24.6 Å². The molecule has 31 heavy (non-hydrogen) atoms. The van der Waals surface area contributed by atoms with E-state index in [1.54, 1.807) is 44.6 Å². The first-order valence-corrected chi connectivity index (χ1v) is 10.1. The SMILES string of the molecule is COc1ccc(Cc2nnc(NC(=O)CN3C(=O)c4ccccc4C3=O)s2)cc1OC. The van der Waals surface area contributed by atoms with Gasteiger partial charge < -0.3 is 9.47 Å². The van der Waals surface area contributed by atoms with E-state index in [0.717, 1.165) is 10.5 Å². The van der Waals surface area contributed by atoms with Gasteiger partial charge in [-0.15, -0.1) is 10.2 Å². The summed E-state index contributed by atoms with van der Waals surface area (Å²) in [5.41, 5.74) is 1.54. The van der Waals surface area contributed by atoms with Gasteiger partial charge in [-0.2, -0.15) is 0 Å². The van der Waals surface area contributed by atoms with Gasteiger partial charge >= 0.3 is 0 Å². The fourth-order valence-corrected chi connectivity index (χ4v) is 4.02. The molecule has 0 aliphatic carbocycles. The number of fused-ring (bicyclic) bond motifs is 1. The third-order valence-electron chi connectivity index (χ3n) is 4.70. The largest absolute Gasteiger partial charge is 0.493 e. The summed E-state index contributed by atoms with van der Waals surface area (Å²) < 4.78 is 10.5. The van der Waals surface area contributed by atoms with Gasteiger partial charge in [0.25, 0.3) is 11.8 Å². The summed E-state index contributed by atoms with van der Waals surface area (Å²) >= 11 is 1.21. The minimum Gasteiger partial charge on any atom is -0.493 e. The zero-order valence-corrected chi connectivity index (χ0v) is 17.6. The molecule has 3 amide bonds. The summed E-state index contributed by atoms with van der Waals surface area (Å²) in [5, 5.41) is 11.6. The van der Waals surface area contributed by atoms with Crippen molar-refractivity contribution in [3.63, 3.8) is 0 Å². The number of carbonyl (C=O) groups excluding carboxylic acids is 3. The lowest BCUT2D eigenvalue weighted by Crippen LogP contribution is -2.37. The molecule has 1 aliphatic rings. The number of carbonyl (C=O) groups is 3. The van der Waals surface area contributed by atoms with Crippen LogP contribution in [0.4, 0.5) is 5.13 Å². The van der Waals surface area contributed by atoms with Crippen LogP contribution in [-0.4, -0.2) is 53.6 Å². The van der Waals surface area contributed by atoms with Crippen LogP contribution in [0.3, 0.4) is 0 Å². The van der Waals surface area contributed by atoms with Gasteiger partial charge in [0.05, 0.1) is 25.3 Å². The van der Waals surface area contributed by atoms with Crippen molar-refractivity contribution >= 4 is 34.2 Å². The lowest BCUT2D eigenvalue weighted by Gasteiger charge is -2.12. The van der Waals surface area contributed by atoms with E-state index in [4.69, 9.17) is 9.47 Å². The summed E-state index contributed by atoms with van der Waals surface area (Å²) in [6.07, 6.45) is 0.492. The van der Waals surface area contributed by atoms with Crippen molar-refractivity contribution in [3.05, 3.63) is 64.2 Å². The highest BCUT2D eigenvalue weighted by molar-refractivity contribution is 7.15. The molecule has 1 N–H and O–H groups in total. The van der Waals surface area contributed by atoms with Crippen molar-refractivity contribution in [2.75, 3.05) is 26.1 Å². The quantitative estimate of drug-likeness (QED) is 0.564. The number of hydrogen-bond donors (Lipinski definition) is 1. The lowest BCUT2D eigenvalue weighted by atomic mass is 10.1. The van der Waals surface area contributed by atoms with Crippen LogP contribution in [0.2, 0.25) is 0 Å². The van der Waals surface area contributed by atoms with Crippen LogP contribution < -0.4 is 14.8 Å². The fraction of sp³-hybridized carbons (Fsp3) is 0.190. The Bertz CT molecular complexity index is 1140. The molecule has 0 unspecified atom stereocenters. The minimum absolute atomic E-state index is 0.289. The van der Waals surface area contributed by atoms with Crippen LogP contribution in [0, 0.1) is 0 Å². The van der Waals surface area contributed by atoms with E-state index in [2.05, 4.69) is 15.5 Å². The number of benzene rings is 2. The summed E-state index contributed by atoms with van der Waals surface area (Å²) in [6.45, 7) is -0.392. The third kappa shape index (κ3) is 4.10. The molecular weight excluding hydrogens is 420 g/mol. The van der Waals surface area contributed by atoms with Crippen molar-refractivity contribution in [3.8, 4) is 11.5 Å². The van der Waals surface area contributed by atoms with Gasteiger partial charge in [0.1, 0.15) is 11.6 Å². The maximum Gasteiger partial charge on any atom is 0.262 e. The van der Waals surface area contributed by atoms with Crippen molar-refractivity contribution < 1.29 is 23.9 Å². The highest BCUT2D eigenvalue weighted by atomic mass is 32.1. The topological polar surface area (TPSA) is 111 Å². The Hall–Kier alpha value is -3.79. The van der Waals surface area contributed by atoms with Crippen LogP contribution in [0.15, 0.2) is 42.5 Å². The van der Waals surface area contributed by atoms with Gasteiger partial charge in [-0.05, 0) is 29.8 Å². The molecule has 0 saturated carbocycles. The molecule has 2 heterocycles. The van der Waals surface area contributed by atoms with Crippen LogP contribution in [0.5, 0.6) is 11.5 Å². The molecule has 1 aromatic heterocycles. The number of aromatic nitrogens is 2. The van der Waals surface area contributed by atoms with Crippen LogP contribution in [0.25, 0.3) is 0 Å². The summed E-state index contributed by atoms with van der Waals surface area (Å²) in [5.74, 6) is -0.253. The van der Waals surface area contributed by atoms with Crippen LogP contribution in [0.1, 0.15) is 31.3 Å². The van der Waals surface area contributed by atoms with Crippen molar-refractivity contribution in [1.82, 2.24) is 15.1 Å². The van der Waals surface area contributed by atoms with E-state index in [9.17, 15) is 14.4 Å². The standard InChI is InChI=1S/C21H18N4O5S/c1-29-15-8-7-12(9-16(15)30-2)10-18-23-24-21(31-18)22-17(26)11-25-19(27)13-5-3-4-6-14(13)20(25)28/h3-9H,10-11H2,1-2H3,(H,22,24,26). The second kappa shape index (κ2) is 8.52. The number of rotatable bonds is 7. The molecule has 10 heteroatoms. The first kappa shape index (κ1) is 20.5. The van der Waals surface area contributed by atoms with E-state index in [1.165, 1.54) is 11.3 Å². The summed E-state index contributed by atoms with van der Waals surface area (Å²) in [7, 11) is 3.13. The monoisotopic (exact) mass is 438 g/mol. The normalized spacial score (nSPS) is 12.6. The average molecular weight is 438 g/mol. The highest BCUT2D eigenvalue weighted by Crippen LogP contribution is 2.29. The molecule has 0 radical (unpaired) electrons. The average Bonchev–Trinajstić information content (AvgIpc) is 3.31. The molecule has 2 aromatic carbocycles. The van der Waals surface area contributed by atoms with E-state index in [0.29, 0.717) is 34.1 Å². The van der Waals surface area contributed by atoms with E-state index in [-0.39, 0.29) is 5.13 Å². The Morgan fingerprint density at radius 2 is 1.68 bits per heavy atom. The second-order valence-corrected chi connectivity index (χ2v) is 7.72. The smallest absolute Gasteiger partial charge is 0.262 e. The van der Waals surface area contributed by atoms with E-state index < -0.39 is 24.3 Å². The Kier molecular flexibility index (Phi) is 5.63. The first-order chi connectivity index (χ1) is 15.0. The number of ether oxygens (including phenoxy) is 2. The number of methoxy groups -OCH3 is 2. The Morgan fingerprint density at radius 3 is 2.32 bits per heavy atom. The molecule has 1 aliphatic heterocycles. The third-order valence-corrected chi connectivity index (χ3v) is 5.54. The number of anilines is 1. The summed E-state index contributed by atoms with van der Waals surface area (Å²) in [6, 6.07) is 12.0. The molecule has 0 fully saturated rings. The molecular formula is C21H18N4O5S. The summed E-state index contributed by atoms with van der Waals surface area (Å²) in [4.78, 5) is 38.1. The zero-order chi connectivity index (χ0) is 22.0. The highest BCUT2D eigenvalue weighted by Gasteiger charge is 2.36. The van der Waals surface area contributed by atoms with E-state index in [1.807, 2.05) is 12.1 Å². The molecule has 0 atom stereocenters.